The van der Waals surface area contributed by atoms with E-state index in [1.54, 1.807) is 0 Å². The lowest BCUT2D eigenvalue weighted by Gasteiger charge is -2.40. The van der Waals surface area contributed by atoms with Crippen molar-refractivity contribution in [2.75, 3.05) is 47.4 Å². The molecule has 4 heteroatoms. The van der Waals surface area contributed by atoms with Crippen LogP contribution in [0.4, 0.5) is 0 Å². The summed E-state index contributed by atoms with van der Waals surface area (Å²) < 4.78 is 0. The highest BCUT2D eigenvalue weighted by molar-refractivity contribution is 5.25. The second kappa shape index (κ2) is 8.49. The molecule has 21 heavy (non-hydrogen) atoms. The molecule has 0 aliphatic heterocycles. The lowest BCUT2D eigenvalue weighted by atomic mass is 9.89. The number of aliphatic hydroxyl groups excluding tert-OH is 1. The van der Waals surface area contributed by atoms with Gasteiger partial charge in [-0.25, -0.2) is 0 Å². The van der Waals surface area contributed by atoms with Gasteiger partial charge in [-0.2, -0.15) is 0 Å². The number of hydrogen-bond donors (Lipinski definition) is 2. The van der Waals surface area contributed by atoms with Crippen LogP contribution in [-0.2, 0) is 5.54 Å². The van der Waals surface area contributed by atoms with Crippen molar-refractivity contribution in [2.45, 2.75) is 25.4 Å². The van der Waals surface area contributed by atoms with Crippen LogP contribution in [0.25, 0.3) is 0 Å². The minimum Gasteiger partial charge on any atom is -0.394 e. The fourth-order valence-corrected chi connectivity index (χ4v) is 2.86. The number of rotatable bonds is 9. The fraction of sp³-hybridized carbons (Fsp3) is 0.647. The van der Waals surface area contributed by atoms with Gasteiger partial charge >= 0.3 is 0 Å². The first-order valence-corrected chi connectivity index (χ1v) is 7.73. The predicted molar refractivity (Wildman–Crippen MR) is 89.5 cm³/mol. The number of nitrogens with zero attached hydrogens (tertiary/aromatic N) is 2. The summed E-state index contributed by atoms with van der Waals surface area (Å²) in [6, 6.07) is 10.7. The van der Waals surface area contributed by atoms with Crippen LogP contribution in [0.3, 0.4) is 0 Å². The molecule has 0 aliphatic carbocycles. The Balaban J connectivity index is 2.95. The van der Waals surface area contributed by atoms with Gasteiger partial charge in [-0.15, -0.1) is 0 Å². The third-order valence-corrected chi connectivity index (χ3v) is 4.21. The quantitative estimate of drug-likeness (QED) is 0.721. The Labute approximate surface area is 129 Å². The van der Waals surface area contributed by atoms with Gasteiger partial charge in [0.25, 0.3) is 0 Å². The molecule has 0 heterocycles. The third kappa shape index (κ3) is 4.78. The summed E-state index contributed by atoms with van der Waals surface area (Å²) >= 11 is 0. The van der Waals surface area contributed by atoms with Gasteiger partial charge in [0.05, 0.1) is 12.1 Å². The molecule has 0 radical (unpaired) electrons. The molecule has 1 aromatic rings. The van der Waals surface area contributed by atoms with Gasteiger partial charge in [0.15, 0.2) is 0 Å². The van der Waals surface area contributed by atoms with Crippen molar-refractivity contribution >= 4 is 0 Å². The molecule has 120 valence electrons. The zero-order valence-electron chi connectivity index (χ0n) is 14.1. The minimum atomic E-state index is -0.419. The predicted octanol–water partition coefficient (Wildman–Crippen LogP) is 1.37. The van der Waals surface area contributed by atoms with E-state index < -0.39 is 5.54 Å². The van der Waals surface area contributed by atoms with Gasteiger partial charge in [0.2, 0.25) is 0 Å². The Kier molecular flexibility index (Phi) is 7.32. The molecule has 0 spiro atoms. The highest BCUT2D eigenvalue weighted by Gasteiger charge is 2.33. The largest absolute Gasteiger partial charge is 0.394 e. The average molecular weight is 293 g/mol. The first-order chi connectivity index (χ1) is 9.99. The molecule has 0 amide bonds. The standard InChI is InChI=1S/C17H31N3O/c1-6-20(15(2)12-19(4)5)13-17(14-21,18-3)16-10-8-7-9-11-16/h7-11,15,18,21H,6,12-14H2,1-5H3. The van der Waals surface area contributed by atoms with Crippen molar-refractivity contribution in [3.05, 3.63) is 35.9 Å². The second-order valence-corrected chi connectivity index (χ2v) is 6.03. The molecule has 0 saturated carbocycles. The van der Waals surface area contributed by atoms with E-state index in [2.05, 4.69) is 55.2 Å². The van der Waals surface area contributed by atoms with Crippen molar-refractivity contribution in [2.24, 2.45) is 0 Å². The minimum absolute atomic E-state index is 0.0820. The van der Waals surface area contributed by atoms with Crippen LogP contribution in [-0.4, -0.2) is 68.3 Å². The molecule has 2 unspecified atom stereocenters. The summed E-state index contributed by atoms with van der Waals surface area (Å²) in [7, 11) is 6.12. The van der Waals surface area contributed by atoms with Gasteiger partial charge in [-0.3, -0.25) is 4.90 Å². The summed E-state index contributed by atoms with van der Waals surface area (Å²) in [5.74, 6) is 0. The van der Waals surface area contributed by atoms with Crippen molar-refractivity contribution in [3.8, 4) is 0 Å². The van der Waals surface area contributed by atoms with Gasteiger partial charge in [0.1, 0.15) is 0 Å². The Morgan fingerprint density at radius 2 is 1.86 bits per heavy atom. The van der Waals surface area contributed by atoms with E-state index in [1.165, 1.54) is 0 Å². The first kappa shape index (κ1) is 18.1. The highest BCUT2D eigenvalue weighted by Crippen LogP contribution is 2.22. The smallest absolute Gasteiger partial charge is 0.0795 e. The Morgan fingerprint density at radius 3 is 2.29 bits per heavy atom. The zero-order valence-corrected chi connectivity index (χ0v) is 14.1. The van der Waals surface area contributed by atoms with Crippen LogP contribution in [0.15, 0.2) is 30.3 Å². The van der Waals surface area contributed by atoms with Crippen molar-refractivity contribution in [3.63, 3.8) is 0 Å². The van der Waals surface area contributed by atoms with Gasteiger partial charge in [-0.05, 0) is 40.2 Å². The molecule has 1 rings (SSSR count). The Hall–Kier alpha value is -0.940. The number of hydrogen-bond acceptors (Lipinski definition) is 4. The summed E-state index contributed by atoms with van der Waals surface area (Å²) in [5, 5.41) is 13.4. The molecule has 0 fully saturated rings. The number of benzene rings is 1. The number of aliphatic hydroxyl groups is 1. The molecule has 0 saturated heterocycles. The van der Waals surface area contributed by atoms with E-state index in [-0.39, 0.29) is 6.61 Å². The first-order valence-electron chi connectivity index (χ1n) is 7.73. The summed E-state index contributed by atoms with van der Waals surface area (Å²) in [6.07, 6.45) is 0. The van der Waals surface area contributed by atoms with E-state index in [9.17, 15) is 5.11 Å². The SMILES string of the molecule is CCN(CC(CO)(NC)c1ccccc1)C(C)CN(C)C. The number of likely N-dealkylation sites (N-methyl/N-ethyl adjacent to an activating group) is 3. The van der Waals surface area contributed by atoms with Crippen LogP contribution in [0, 0.1) is 0 Å². The van der Waals surface area contributed by atoms with Crippen LogP contribution < -0.4 is 5.32 Å². The van der Waals surface area contributed by atoms with Crippen LogP contribution >= 0.6 is 0 Å². The summed E-state index contributed by atoms with van der Waals surface area (Å²) in [5.41, 5.74) is 0.711. The third-order valence-electron chi connectivity index (χ3n) is 4.21. The second-order valence-electron chi connectivity index (χ2n) is 6.03. The van der Waals surface area contributed by atoms with E-state index in [0.717, 1.165) is 25.2 Å². The lowest BCUT2D eigenvalue weighted by molar-refractivity contribution is 0.0866. The Bertz CT molecular complexity index is 390. The molecule has 2 N–H and O–H groups in total. The van der Waals surface area contributed by atoms with Crippen LogP contribution in [0.2, 0.25) is 0 Å². The summed E-state index contributed by atoms with van der Waals surface area (Å²) in [6.45, 7) is 7.26. The molecule has 0 aromatic heterocycles. The maximum atomic E-state index is 10.0. The van der Waals surface area contributed by atoms with Crippen molar-refractivity contribution in [1.82, 2.24) is 15.1 Å². The van der Waals surface area contributed by atoms with Crippen LogP contribution in [0.1, 0.15) is 19.4 Å². The molecule has 1 aromatic carbocycles. The van der Waals surface area contributed by atoms with E-state index in [0.29, 0.717) is 6.04 Å². The van der Waals surface area contributed by atoms with Gasteiger partial charge in [0, 0.05) is 19.1 Å². The monoisotopic (exact) mass is 293 g/mol. The summed E-state index contributed by atoms with van der Waals surface area (Å²) in [4.78, 5) is 4.62. The molecule has 0 aliphatic rings. The average Bonchev–Trinajstić information content (AvgIpc) is 2.49. The lowest BCUT2D eigenvalue weighted by Crippen LogP contribution is -2.55. The van der Waals surface area contributed by atoms with Crippen molar-refractivity contribution < 1.29 is 5.11 Å². The molecular formula is C17H31N3O. The van der Waals surface area contributed by atoms with E-state index in [1.807, 2.05) is 25.2 Å². The maximum absolute atomic E-state index is 10.0. The van der Waals surface area contributed by atoms with E-state index >= 15 is 0 Å². The maximum Gasteiger partial charge on any atom is 0.0795 e. The van der Waals surface area contributed by atoms with Gasteiger partial charge in [-0.1, -0.05) is 37.3 Å². The molecule has 0 bridgehead atoms. The number of nitrogens with one attached hydrogen (secondary N) is 1. The molecule has 2 atom stereocenters. The van der Waals surface area contributed by atoms with Gasteiger partial charge < -0.3 is 15.3 Å². The Morgan fingerprint density at radius 1 is 1.24 bits per heavy atom. The topological polar surface area (TPSA) is 38.7 Å². The van der Waals surface area contributed by atoms with Crippen LogP contribution in [0.5, 0.6) is 0 Å². The fourth-order valence-electron chi connectivity index (χ4n) is 2.86. The van der Waals surface area contributed by atoms with E-state index in [4.69, 9.17) is 0 Å². The highest BCUT2D eigenvalue weighted by atomic mass is 16.3. The zero-order chi connectivity index (χ0) is 15.9. The normalized spacial score (nSPS) is 16.2. The molecule has 4 nitrogen and oxygen atoms in total. The van der Waals surface area contributed by atoms with Crippen molar-refractivity contribution in [1.29, 1.82) is 0 Å². The molecular weight excluding hydrogens is 262 g/mol.